The summed E-state index contributed by atoms with van der Waals surface area (Å²) >= 11 is 5.78. The van der Waals surface area contributed by atoms with Gasteiger partial charge in [-0.2, -0.15) is 4.98 Å². The number of nitrogens with one attached hydrogen (secondary N) is 1. The molecule has 0 saturated heterocycles. The number of rotatable bonds is 5. The number of ether oxygens (including phenoxy) is 1. The molecule has 0 spiro atoms. The lowest BCUT2D eigenvalue weighted by molar-refractivity contribution is 0.417. The SMILES string of the molecule is CCCNc1nc(Oc2ccc(F)cc2Cl)c(F)cc1F. The van der Waals surface area contributed by atoms with Gasteiger partial charge in [-0.15, -0.1) is 0 Å². The number of aromatic nitrogens is 1. The van der Waals surface area contributed by atoms with Crippen LogP contribution in [0.5, 0.6) is 11.6 Å². The number of anilines is 1. The van der Waals surface area contributed by atoms with E-state index < -0.39 is 23.3 Å². The Morgan fingerprint density at radius 1 is 1.19 bits per heavy atom. The molecule has 2 aromatic rings. The van der Waals surface area contributed by atoms with Crippen LogP contribution in [0.2, 0.25) is 5.02 Å². The summed E-state index contributed by atoms with van der Waals surface area (Å²) in [6.07, 6.45) is 0.748. The average molecular weight is 317 g/mol. The van der Waals surface area contributed by atoms with E-state index in [1.807, 2.05) is 6.92 Å². The third-order valence-corrected chi connectivity index (χ3v) is 2.84. The van der Waals surface area contributed by atoms with Crippen molar-refractivity contribution in [2.75, 3.05) is 11.9 Å². The summed E-state index contributed by atoms with van der Waals surface area (Å²) in [4.78, 5) is 3.73. The van der Waals surface area contributed by atoms with Crippen molar-refractivity contribution in [2.24, 2.45) is 0 Å². The highest BCUT2D eigenvalue weighted by Crippen LogP contribution is 2.31. The molecule has 3 nitrogen and oxygen atoms in total. The maximum Gasteiger partial charge on any atom is 0.258 e. The van der Waals surface area contributed by atoms with Crippen LogP contribution in [0.4, 0.5) is 19.0 Å². The fourth-order valence-electron chi connectivity index (χ4n) is 1.55. The summed E-state index contributed by atoms with van der Waals surface area (Å²) in [5, 5.41) is 2.68. The Morgan fingerprint density at radius 2 is 1.95 bits per heavy atom. The highest BCUT2D eigenvalue weighted by atomic mass is 35.5. The van der Waals surface area contributed by atoms with E-state index in [4.69, 9.17) is 16.3 Å². The molecule has 1 heterocycles. The first-order chi connectivity index (χ1) is 10.0. The summed E-state index contributed by atoms with van der Waals surface area (Å²) in [7, 11) is 0. The molecule has 0 aliphatic carbocycles. The standard InChI is InChI=1S/C14H12ClF3N2O/c1-2-5-19-13-10(17)7-11(18)14(20-13)21-12-4-3-8(16)6-9(12)15/h3-4,6-7H,2,5H2,1H3,(H,19,20). The van der Waals surface area contributed by atoms with Crippen LogP contribution < -0.4 is 10.1 Å². The van der Waals surface area contributed by atoms with Crippen LogP contribution in [0.25, 0.3) is 0 Å². The minimum atomic E-state index is -0.977. The highest BCUT2D eigenvalue weighted by molar-refractivity contribution is 6.32. The Hall–Kier alpha value is -1.95. The first-order valence-corrected chi connectivity index (χ1v) is 6.62. The van der Waals surface area contributed by atoms with Crippen molar-refractivity contribution < 1.29 is 17.9 Å². The molecule has 1 N–H and O–H groups in total. The van der Waals surface area contributed by atoms with Gasteiger partial charge in [0.1, 0.15) is 11.6 Å². The number of hydrogen-bond acceptors (Lipinski definition) is 3. The Balaban J connectivity index is 2.30. The Morgan fingerprint density at radius 3 is 2.62 bits per heavy atom. The smallest absolute Gasteiger partial charge is 0.258 e. The van der Waals surface area contributed by atoms with E-state index in [1.54, 1.807) is 0 Å². The number of hydrogen-bond donors (Lipinski definition) is 1. The van der Waals surface area contributed by atoms with Gasteiger partial charge in [-0.1, -0.05) is 18.5 Å². The van der Waals surface area contributed by atoms with Gasteiger partial charge >= 0.3 is 0 Å². The van der Waals surface area contributed by atoms with Gasteiger partial charge in [0.2, 0.25) is 0 Å². The van der Waals surface area contributed by atoms with Crippen LogP contribution in [0.1, 0.15) is 13.3 Å². The molecule has 2 rings (SSSR count). The normalized spacial score (nSPS) is 10.5. The molecule has 0 amide bonds. The van der Waals surface area contributed by atoms with Crippen molar-refractivity contribution in [1.82, 2.24) is 4.98 Å². The lowest BCUT2D eigenvalue weighted by Gasteiger charge is -2.11. The van der Waals surface area contributed by atoms with Gasteiger partial charge < -0.3 is 10.1 Å². The summed E-state index contributed by atoms with van der Waals surface area (Å²) in [5.74, 6) is -2.88. The van der Waals surface area contributed by atoms with E-state index in [9.17, 15) is 13.2 Å². The zero-order valence-electron chi connectivity index (χ0n) is 11.1. The molecule has 7 heteroatoms. The van der Waals surface area contributed by atoms with Crippen molar-refractivity contribution in [3.8, 4) is 11.6 Å². The Labute approximate surface area is 124 Å². The molecule has 0 saturated carbocycles. The van der Waals surface area contributed by atoms with Crippen molar-refractivity contribution in [2.45, 2.75) is 13.3 Å². The molecule has 0 unspecified atom stereocenters. The number of halogens is 4. The monoisotopic (exact) mass is 316 g/mol. The second-order valence-corrected chi connectivity index (χ2v) is 4.62. The van der Waals surface area contributed by atoms with Crippen LogP contribution in [0.3, 0.4) is 0 Å². The lowest BCUT2D eigenvalue weighted by atomic mass is 10.3. The molecule has 0 aliphatic rings. The van der Waals surface area contributed by atoms with Gasteiger partial charge in [0.05, 0.1) is 5.02 Å². The number of pyridine rings is 1. The summed E-state index contributed by atoms with van der Waals surface area (Å²) in [6, 6.07) is 4.03. The molecule has 21 heavy (non-hydrogen) atoms. The predicted molar refractivity (Wildman–Crippen MR) is 74.4 cm³/mol. The van der Waals surface area contributed by atoms with E-state index in [-0.39, 0.29) is 16.6 Å². The molecule has 0 fully saturated rings. The fourth-order valence-corrected chi connectivity index (χ4v) is 1.76. The Bertz CT molecular complexity index is 652. The lowest BCUT2D eigenvalue weighted by Crippen LogP contribution is -2.06. The van der Waals surface area contributed by atoms with Gasteiger partial charge in [-0.05, 0) is 24.6 Å². The third-order valence-electron chi connectivity index (χ3n) is 2.54. The zero-order chi connectivity index (χ0) is 15.4. The molecular formula is C14H12ClF3N2O. The van der Waals surface area contributed by atoms with Crippen LogP contribution in [-0.2, 0) is 0 Å². The average Bonchev–Trinajstić information content (AvgIpc) is 2.43. The second kappa shape index (κ2) is 6.67. The fraction of sp³-hybridized carbons (Fsp3) is 0.214. The van der Waals surface area contributed by atoms with Gasteiger partial charge in [-0.3, -0.25) is 0 Å². The largest absolute Gasteiger partial charge is 0.435 e. The van der Waals surface area contributed by atoms with E-state index in [0.29, 0.717) is 12.6 Å². The minimum absolute atomic E-state index is 0.0255. The van der Waals surface area contributed by atoms with Crippen LogP contribution >= 0.6 is 11.6 Å². The molecular weight excluding hydrogens is 305 g/mol. The van der Waals surface area contributed by atoms with Crippen LogP contribution in [0.15, 0.2) is 24.3 Å². The molecule has 0 atom stereocenters. The maximum atomic E-state index is 13.7. The van der Waals surface area contributed by atoms with E-state index in [0.717, 1.165) is 18.6 Å². The van der Waals surface area contributed by atoms with Crippen molar-refractivity contribution in [3.05, 3.63) is 46.7 Å². The second-order valence-electron chi connectivity index (χ2n) is 4.21. The van der Waals surface area contributed by atoms with Crippen molar-refractivity contribution in [3.63, 3.8) is 0 Å². The van der Waals surface area contributed by atoms with Crippen molar-refractivity contribution >= 4 is 17.4 Å². The van der Waals surface area contributed by atoms with Gasteiger partial charge in [0.15, 0.2) is 17.5 Å². The third kappa shape index (κ3) is 3.78. The zero-order valence-corrected chi connectivity index (χ0v) is 11.8. The molecule has 1 aromatic carbocycles. The van der Waals surface area contributed by atoms with Crippen LogP contribution in [-0.4, -0.2) is 11.5 Å². The quantitative estimate of drug-likeness (QED) is 0.863. The van der Waals surface area contributed by atoms with Crippen LogP contribution in [0, 0.1) is 17.5 Å². The number of benzene rings is 1. The molecule has 0 aliphatic heterocycles. The molecule has 112 valence electrons. The van der Waals surface area contributed by atoms with Gasteiger partial charge in [0.25, 0.3) is 5.88 Å². The first-order valence-electron chi connectivity index (χ1n) is 6.24. The topological polar surface area (TPSA) is 34.2 Å². The molecule has 1 aromatic heterocycles. The Kier molecular flexibility index (Phi) is 4.90. The summed E-state index contributed by atoms with van der Waals surface area (Å²) in [5.41, 5.74) is 0. The highest BCUT2D eigenvalue weighted by Gasteiger charge is 2.15. The van der Waals surface area contributed by atoms with E-state index in [2.05, 4.69) is 10.3 Å². The van der Waals surface area contributed by atoms with Gasteiger partial charge in [-0.25, -0.2) is 13.2 Å². The van der Waals surface area contributed by atoms with Crippen molar-refractivity contribution in [1.29, 1.82) is 0 Å². The van der Waals surface area contributed by atoms with E-state index >= 15 is 0 Å². The first kappa shape index (κ1) is 15.4. The maximum absolute atomic E-state index is 13.7. The summed E-state index contributed by atoms with van der Waals surface area (Å²) < 4.78 is 45.3. The predicted octanol–water partition coefficient (Wildman–Crippen LogP) is 4.77. The van der Waals surface area contributed by atoms with E-state index in [1.165, 1.54) is 6.07 Å². The molecule has 0 bridgehead atoms. The van der Waals surface area contributed by atoms with Gasteiger partial charge in [0, 0.05) is 12.6 Å². The molecule has 0 radical (unpaired) electrons. The summed E-state index contributed by atoms with van der Waals surface area (Å²) in [6.45, 7) is 2.37. The number of nitrogens with zero attached hydrogens (tertiary/aromatic N) is 1. The minimum Gasteiger partial charge on any atom is -0.435 e.